The molecule has 3 heterocycles. The fourth-order valence-electron chi connectivity index (χ4n) is 9.07. The Balaban J connectivity index is 1.27. The molecule has 12 heteroatoms. The smallest absolute Gasteiger partial charge is 0.408 e. The van der Waals surface area contributed by atoms with Gasteiger partial charge >= 0.3 is 6.09 Å². The molecule has 48 heavy (non-hydrogen) atoms. The van der Waals surface area contributed by atoms with Crippen molar-refractivity contribution in [2.75, 3.05) is 13.7 Å². The largest absolute Gasteiger partial charge is 0.497 e. The Morgan fingerprint density at radius 2 is 1.77 bits per heavy atom. The molecule has 3 aliphatic carbocycles. The number of rotatable bonds is 4. The number of ether oxygens (including phenoxy) is 3. The van der Waals surface area contributed by atoms with Gasteiger partial charge in [0.05, 0.1) is 30.7 Å². The second-order valence-corrected chi connectivity index (χ2v) is 14.6. The van der Waals surface area contributed by atoms with Crippen molar-refractivity contribution in [3.63, 3.8) is 0 Å². The zero-order valence-electron chi connectivity index (χ0n) is 27.7. The highest BCUT2D eigenvalue weighted by molar-refractivity contribution is 5.88. The first-order valence-corrected chi connectivity index (χ1v) is 17.8. The number of aromatic nitrogens is 2. The minimum absolute atomic E-state index is 0.0163. The van der Waals surface area contributed by atoms with Crippen molar-refractivity contribution in [1.29, 1.82) is 0 Å². The summed E-state index contributed by atoms with van der Waals surface area (Å²) in [4.78, 5) is 51.0. The third-order valence-corrected chi connectivity index (χ3v) is 11.7. The first-order chi connectivity index (χ1) is 23.2. The summed E-state index contributed by atoms with van der Waals surface area (Å²) in [7, 11) is 1.51. The number of alkyl halides is 2. The normalized spacial score (nSPS) is 34.0. The molecule has 0 radical (unpaired) electrons. The van der Waals surface area contributed by atoms with Gasteiger partial charge in [-0.1, -0.05) is 32.6 Å². The average molecular weight is 669 g/mol. The molecule has 2 bridgehead atoms. The molecule has 5 aliphatic rings. The molecule has 1 aromatic heterocycles. The zero-order chi connectivity index (χ0) is 33.6. The number of halogens is 2. The molecule has 3 saturated carbocycles. The van der Waals surface area contributed by atoms with E-state index in [1.54, 1.807) is 18.2 Å². The van der Waals surface area contributed by atoms with E-state index < -0.39 is 48.2 Å². The van der Waals surface area contributed by atoms with Crippen LogP contribution in [0.5, 0.6) is 11.6 Å². The minimum atomic E-state index is -3.35. The number of alkyl carbamates (subject to hydrolysis) is 1. The third-order valence-electron chi connectivity index (χ3n) is 11.7. The number of fused-ring (bicyclic) bond motifs is 7. The highest BCUT2D eigenvalue weighted by atomic mass is 19.3. The summed E-state index contributed by atoms with van der Waals surface area (Å²) in [5.41, 5.74) is 0.0846. The van der Waals surface area contributed by atoms with Gasteiger partial charge in [-0.3, -0.25) is 4.79 Å². The number of hydrogen-bond donors (Lipinski definition) is 1. The molecular weight excluding hydrogens is 622 g/mol. The maximum absolute atomic E-state index is 16.2. The van der Waals surface area contributed by atoms with Crippen LogP contribution < -0.4 is 14.8 Å². The van der Waals surface area contributed by atoms with E-state index in [0.29, 0.717) is 42.4 Å². The molecule has 260 valence electrons. The second-order valence-electron chi connectivity index (χ2n) is 14.6. The monoisotopic (exact) mass is 668 g/mol. The van der Waals surface area contributed by atoms with Crippen molar-refractivity contribution in [3.8, 4) is 11.6 Å². The molecular formula is C36H46F2N4O6. The summed E-state index contributed by atoms with van der Waals surface area (Å²) in [5, 5.41) is 2.96. The lowest BCUT2D eigenvalue weighted by Gasteiger charge is -2.34. The molecule has 1 saturated heterocycles. The number of nitrogens with zero attached hydrogens (tertiary/aromatic N) is 3. The highest BCUT2D eigenvalue weighted by Gasteiger charge is 2.55. The molecule has 1 N–H and O–H groups in total. The van der Waals surface area contributed by atoms with Gasteiger partial charge in [-0.2, -0.15) is 8.78 Å². The molecule has 0 spiro atoms. The van der Waals surface area contributed by atoms with Crippen LogP contribution in [0.15, 0.2) is 18.2 Å². The summed E-state index contributed by atoms with van der Waals surface area (Å²) in [6.45, 7) is 1.86. The van der Waals surface area contributed by atoms with Crippen LogP contribution in [0, 0.1) is 29.6 Å². The summed E-state index contributed by atoms with van der Waals surface area (Å²) < 4.78 is 50.1. The third kappa shape index (κ3) is 6.31. The van der Waals surface area contributed by atoms with Crippen LogP contribution in [0.4, 0.5) is 13.6 Å². The van der Waals surface area contributed by atoms with Gasteiger partial charge in [-0.05, 0) is 80.8 Å². The van der Waals surface area contributed by atoms with E-state index in [4.69, 9.17) is 14.2 Å². The van der Waals surface area contributed by atoms with Gasteiger partial charge in [0.2, 0.25) is 11.8 Å². The number of nitrogens with one attached hydrogen (secondary N) is 1. The molecule has 4 fully saturated rings. The average Bonchev–Trinajstić information content (AvgIpc) is 3.64. The predicted octanol–water partition coefficient (Wildman–Crippen LogP) is 6.19. The lowest BCUT2D eigenvalue weighted by molar-refractivity contribution is -0.138. The molecule has 8 atom stereocenters. The van der Waals surface area contributed by atoms with Crippen molar-refractivity contribution in [1.82, 2.24) is 20.2 Å². The highest BCUT2D eigenvalue weighted by Crippen LogP contribution is 2.58. The Hall–Kier alpha value is -3.57. The Bertz CT molecular complexity index is 1540. The number of carbonyl (C=O) groups excluding carboxylic acids is 3. The van der Waals surface area contributed by atoms with Crippen molar-refractivity contribution in [2.24, 2.45) is 29.6 Å². The van der Waals surface area contributed by atoms with Crippen LogP contribution in [-0.4, -0.2) is 71.1 Å². The number of methoxy groups -OCH3 is 1. The molecule has 2 unspecified atom stereocenters. The van der Waals surface area contributed by atoms with E-state index in [-0.39, 0.29) is 48.2 Å². The van der Waals surface area contributed by atoms with Crippen molar-refractivity contribution in [3.05, 3.63) is 23.9 Å². The number of aldehydes is 1. The van der Waals surface area contributed by atoms with Crippen LogP contribution in [-0.2, 0) is 20.2 Å². The molecule has 1 aromatic carbocycles. The SMILES string of the molecule is CC[C@@H]1[C@@H]2CN(C(=O)[C@H](C3CCCCC3)NC(=O)O[C@@H]3CC4CC4[C@H]3CCCCC(F)(F)c3nc4ccc(OC)cc4nc3O2)[C@@H]1C=O. The number of hydrogen-bond acceptors (Lipinski definition) is 8. The van der Waals surface area contributed by atoms with E-state index >= 15 is 8.78 Å². The Morgan fingerprint density at radius 3 is 2.52 bits per heavy atom. The van der Waals surface area contributed by atoms with E-state index in [0.717, 1.165) is 51.2 Å². The van der Waals surface area contributed by atoms with Crippen molar-refractivity contribution < 1.29 is 37.4 Å². The second kappa shape index (κ2) is 13.4. The zero-order valence-corrected chi connectivity index (χ0v) is 27.7. The summed E-state index contributed by atoms with van der Waals surface area (Å²) in [5.74, 6) is -3.06. The Kier molecular flexibility index (Phi) is 9.19. The van der Waals surface area contributed by atoms with Crippen molar-refractivity contribution in [2.45, 2.75) is 114 Å². The van der Waals surface area contributed by atoms with Crippen LogP contribution >= 0.6 is 0 Å². The van der Waals surface area contributed by atoms with Gasteiger partial charge < -0.3 is 29.2 Å². The summed E-state index contributed by atoms with van der Waals surface area (Å²) in [6.07, 6.45) is 6.85. The van der Waals surface area contributed by atoms with Gasteiger partial charge in [0.15, 0.2) is 5.69 Å². The molecule has 7 rings (SSSR count). The van der Waals surface area contributed by atoms with E-state index in [1.807, 2.05) is 6.92 Å². The number of carbonyl (C=O) groups is 3. The molecule has 2 aromatic rings. The number of benzene rings is 1. The maximum Gasteiger partial charge on any atom is 0.408 e. The van der Waals surface area contributed by atoms with Crippen LogP contribution in [0.25, 0.3) is 11.0 Å². The molecule has 2 aliphatic heterocycles. The van der Waals surface area contributed by atoms with Gasteiger partial charge in [-0.15, -0.1) is 0 Å². The van der Waals surface area contributed by atoms with Crippen molar-refractivity contribution >= 4 is 29.3 Å². The summed E-state index contributed by atoms with van der Waals surface area (Å²) in [6, 6.07) is 3.15. The standard InChI is InChI=1S/C36H46F2N4O6/c1-3-23-28(19-43)42-18-30(23)47-33-32(39-26-13-12-22(46-2)17-27(26)40-33)36(37,38)14-8-7-11-24-25-15-21(25)16-29(24)48-35(45)41-31(34(42)44)20-9-5-4-6-10-20/h12-13,17,19-21,23-25,28-31H,3-11,14-16,18H2,1-2H3,(H,41,45)/t21?,23-,24+,25?,28+,29+,30-,31-/m0/s1. The van der Waals surface area contributed by atoms with Gasteiger partial charge in [0, 0.05) is 18.4 Å². The Labute approximate surface area is 279 Å². The first kappa shape index (κ1) is 33.0. The van der Waals surface area contributed by atoms with Crippen LogP contribution in [0.1, 0.15) is 89.7 Å². The quantitative estimate of drug-likeness (QED) is 0.384. The maximum atomic E-state index is 16.2. The fourth-order valence-corrected chi connectivity index (χ4v) is 9.07. The molecule has 10 nitrogen and oxygen atoms in total. The van der Waals surface area contributed by atoms with Crippen LogP contribution in [0.2, 0.25) is 0 Å². The van der Waals surface area contributed by atoms with Gasteiger partial charge in [-0.25, -0.2) is 14.8 Å². The number of amides is 2. The fraction of sp³-hybridized carbons (Fsp3) is 0.694. The lowest BCUT2D eigenvalue weighted by atomic mass is 9.83. The molecule has 2 amide bonds. The topological polar surface area (TPSA) is 120 Å². The Morgan fingerprint density at radius 1 is 0.979 bits per heavy atom. The van der Waals surface area contributed by atoms with E-state index in [1.165, 1.54) is 12.0 Å². The van der Waals surface area contributed by atoms with Gasteiger partial charge in [0.1, 0.15) is 30.3 Å². The minimum Gasteiger partial charge on any atom is -0.497 e. The predicted molar refractivity (Wildman–Crippen MR) is 172 cm³/mol. The first-order valence-electron chi connectivity index (χ1n) is 17.8. The van der Waals surface area contributed by atoms with E-state index in [9.17, 15) is 14.4 Å². The van der Waals surface area contributed by atoms with Crippen LogP contribution in [0.3, 0.4) is 0 Å². The summed E-state index contributed by atoms with van der Waals surface area (Å²) >= 11 is 0. The lowest BCUT2D eigenvalue weighted by Crippen LogP contribution is -2.55. The van der Waals surface area contributed by atoms with E-state index in [2.05, 4.69) is 15.3 Å². The van der Waals surface area contributed by atoms with Gasteiger partial charge in [0.25, 0.3) is 5.92 Å².